The lowest BCUT2D eigenvalue weighted by Gasteiger charge is -2.10. The number of rotatable bonds is 3. The zero-order valence-electron chi connectivity index (χ0n) is 9.63. The maximum atomic E-state index is 5.79. The molecule has 0 amide bonds. The molecule has 2 heterocycles. The molecule has 1 aromatic heterocycles. The summed E-state index contributed by atoms with van der Waals surface area (Å²) in [6.45, 7) is 2.44. The van der Waals surface area contributed by atoms with Crippen LogP contribution in [0.15, 0.2) is 36.5 Å². The third kappa shape index (κ3) is 2.39. The van der Waals surface area contributed by atoms with Crippen LogP contribution in [-0.4, -0.2) is 24.8 Å². The van der Waals surface area contributed by atoms with E-state index in [1.54, 1.807) is 6.20 Å². The summed E-state index contributed by atoms with van der Waals surface area (Å²) in [6, 6.07) is 10.0. The van der Waals surface area contributed by atoms with Crippen molar-refractivity contribution in [3.05, 3.63) is 36.5 Å². The van der Waals surface area contributed by atoms with E-state index in [9.17, 15) is 0 Å². The van der Waals surface area contributed by atoms with Crippen LogP contribution >= 0.6 is 0 Å². The number of fused-ring (bicyclic) bond motifs is 1. The molecule has 88 valence electrons. The summed E-state index contributed by atoms with van der Waals surface area (Å²) >= 11 is 0. The Bertz CT molecular complexity index is 506. The van der Waals surface area contributed by atoms with Crippen molar-refractivity contribution in [2.24, 2.45) is 5.92 Å². The van der Waals surface area contributed by atoms with Crippen LogP contribution in [0.25, 0.3) is 10.9 Å². The smallest absolute Gasteiger partial charge is 0.120 e. The first-order valence-electron chi connectivity index (χ1n) is 5.97. The van der Waals surface area contributed by atoms with Crippen molar-refractivity contribution in [1.82, 2.24) is 4.98 Å². The van der Waals surface area contributed by atoms with Crippen molar-refractivity contribution in [1.29, 1.82) is 0 Å². The maximum Gasteiger partial charge on any atom is 0.120 e. The van der Waals surface area contributed by atoms with E-state index >= 15 is 0 Å². The van der Waals surface area contributed by atoms with Gasteiger partial charge in [0.2, 0.25) is 0 Å². The van der Waals surface area contributed by atoms with Gasteiger partial charge in [-0.15, -0.1) is 0 Å². The van der Waals surface area contributed by atoms with Crippen LogP contribution in [0, 0.1) is 5.92 Å². The molecule has 1 aliphatic heterocycles. The van der Waals surface area contributed by atoms with Gasteiger partial charge in [0, 0.05) is 24.1 Å². The van der Waals surface area contributed by atoms with E-state index in [2.05, 4.69) is 4.98 Å². The zero-order chi connectivity index (χ0) is 11.5. The molecular weight excluding hydrogens is 214 g/mol. The summed E-state index contributed by atoms with van der Waals surface area (Å²) in [7, 11) is 0. The number of hydrogen-bond acceptors (Lipinski definition) is 3. The van der Waals surface area contributed by atoms with Crippen LogP contribution < -0.4 is 4.74 Å². The van der Waals surface area contributed by atoms with Gasteiger partial charge in [-0.3, -0.25) is 4.98 Å². The Hall–Kier alpha value is -1.61. The fraction of sp³-hybridized carbons (Fsp3) is 0.357. The van der Waals surface area contributed by atoms with Gasteiger partial charge >= 0.3 is 0 Å². The van der Waals surface area contributed by atoms with Gasteiger partial charge in [-0.25, -0.2) is 0 Å². The minimum atomic E-state index is 0.541. The molecule has 0 radical (unpaired) electrons. The van der Waals surface area contributed by atoms with E-state index < -0.39 is 0 Å². The van der Waals surface area contributed by atoms with E-state index in [-0.39, 0.29) is 0 Å². The first kappa shape index (κ1) is 10.5. The monoisotopic (exact) mass is 229 g/mol. The largest absolute Gasteiger partial charge is 0.493 e. The molecule has 1 aromatic carbocycles. The molecular formula is C14H15NO2. The van der Waals surface area contributed by atoms with E-state index in [0.29, 0.717) is 5.92 Å². The number of benzene rings is 1. The summed E-state index contributed by atoms with van der Waals surface area (Å²) in [5, 5.41) is 1.12. The molecule has 1 atom stereocenters. The Morgan fingerprint density at radius 2 is 2.35 bits per heavy atom. The highest BCUT2D eigenvalue weighted by molar-refractivity contribution is 5.79. The predicted molar refractivity (Wildman–Crippen MR) is 66.2 cm³/mol. The molecule has 1 fully saturated rings. The van der Waals surface area contributed by atoms with Crippen LogP contribution in [0.3, 0.4) is 0 Å². The Kier molecular flexibility index (Phi) is 2.92. The molecule has 1 unspecified atom stereocenters. The quantitative estimate of drug-likeness (QED) is 0.810. The van der Waals surface area contributed by atoms with Crippen LogP contribution in [0.4, 0.5) is 0 Å². The predicted octanol–water partition coefficient (Wildman–Crippen LogP) is 2.65. The standard InChI is InChI=1S/C14H15NO2/c1-2-12-8-13(3-4-14(12)15-6-1)17-10-11-5-7-16-9-11/h1-4,6,8,11H,5,7,9-10H2. The average molecular weight is 229 g/mol. The summed E-state index contributed by atoms with van der Waals surface area (Å²) in [6.07, 6.45) is 2.91. The van der Waals surface area contributed by atoms with Crippen molar-refractivity contribution >= 4 is 10.9 Å². The van der Waals surface area contributed by atoms with Gasteiger partial charge in [-0.2, -0.15) is 0 Å². The Balaban J connectivity index is 1.72. The molecule has 3 nitrogen and oxygen atoms in total. The van der Waals surface area contributed by atoms with Crippen LogP contribution in [-0.2, 0) is 4.74 Å². The van der Waals surface area contributed by atoms with Gasteiger partial charge in [0.1, 0.15) is 5.75 Å². The highest BCUT2D eigenvalue weighted by Crippen LogP contribution is 2.20. The summed E-state index contributed by atoms with van der Waals surface area (Å²) in [4.78, 5) is 4.28. The SMILES string of the molecule is c1cnc2ccc(OCC3CCOC3)cc2c1. The van der Waals surface area contributed by atoms with Gasteiger partial charge in [0.25, 0.3) is 0 Å². The van der Waals surface area contributed by atoms with Crippen LogP contribution in [0.5, 0.6) is 5.75 Å². The second kappa shape index (κ2) is 4.72. The summed E-state index contributed by atoms with van der Waals surface area (Å²) in [5.41, 5.74) is 1.00. The van der Waals surface area contributed by atoms with Gasteiger partial charge < -0.3 is 9.47 Å². The molecule has 0 aliphatic carbocycles. The molecule has 1 saturated heterocycles. The number of hydrogen-bond donors (Lipinski definition) is 0. The lowest BCUT2D eigenvalue weighted by Crippen LogP contribution is -2.11. The van der Waals surface area contributed by atoms with Gasteiger partial charge in [-0.1, -0.05) is 6.07 Å². The molecule has 3 heteroatoms. The number of pyridine rings is 1. The molecule has 0 N–H and O–H groups in total. The van der Waals surface area contributed by atoms with Gasteiger partial charge in [0.05, 0.1) is 18.7 Å². The van der Waals surface area contributed by atoms with E-state index in [4.69, 9.17) is 9.47 Å². The van der Waals surface area contributed by atoms with Crippen molar-refractivity contribution < 1.29 is 9.47 Å². The van der Waals surface area contributed by atoms with Crippen LogP contribution in [0.1, 0.15) is 6.42 Å². The molecule has 3 rings (SSSR count). The average Bonchev–Trinajstić information content (AvgIpc) is 2.89. The van der Waals surface area contributed by atoms with E-state index in [1.807, 2.05) is 30.3 Å². The number of nitrogens with zero attached hydrogens (tertiary/aromatic N) is 1. The zero-order valence-corrected chi connectivity index (χ0v) is 9.63. The van der Waals surface area contributed by atoms with E-state index in [1.165, 1.54) is 0 Å². The minimum Gasteiger partial charge on any atom is -0.493 e. The number of ether oxygens (including phenoxy) is 2. The van der Waals surface area contributed by atoms with Crippen molar-refractivity contribution in [2.45, 2.75) is 6.42 Å². The second-order valence-electron chi connectivity index (χ2n) is 4.40. The molecule has 2 aromatic rings. The molecule has 17 heavy (non-hydrogen) atoms. The summed E-state index contributed by atoms with van der Waals surface area (Å²) < 4.78 is 11.1. The lowest BCUT2D eigenvalue weighted by molar-refractivity contribution is 0.167. The van der Waals surface area contributed by atoms with Crippen molar-refractivity contribution in [3.8, 4) is 5.75 Å². The highest BCUT2D eigenvalue weighted by atomic mass is 16.5. The molecule has 0 bridgehead atoms. The first-order chi connectivity index (χ1) is 8.42. The Morgan fingerprint density at radius 3 is 3.24 bits per heavy atom. The van der Waals surface area contributed by atoms with Gasteiger partial charge in [-0.05, 0) is 30.7 Å². The Morgan fingerprint density at radius 1 is 1.35 bits per heavy atom. The maximum absolute atomic E-state index is 5.79. The fourth-order valence-corrected chi connectivity index (χ4v) is 2.07. The highest BCUT2D eigenvalue weighted by Gasteiger charge is 2.16. The third-order valence-electron chi connectivity index (χ3n) is 3.08. The minimum absolute atomic E-state index is 0.541. The molecule has 0 saturated carbocycles. The lowest BCUT2D eigenvalue weighted by atomic mass is 10.1. The first-order valence-corrected chi connectivity index (χ1v) is 5.97. The summed E-state index contributed by atoms with van der Waals surface area (Å²) in [5.74, 6) is 1.46. The van der Waals surface area contributed by atoms with Crippen LogP contribution in [0.2, 0.25) is 0 Å². The fourth-order valence-electron chi connectivity index (χ4n) is 2.07. The normalized spacial score (nSPS) is 19.6. The molecule has 0 spiro atoms. The van der Waals surface area contributed by atoms with Crippen molar-refractivity contribution in [3.63, 3.8) is 0 Å². The van der Waals surface area contributed by atoms with E-state index in [0.717, 1.165) is 42.9 Å². The topological polar surface area (TPSA) is 31.4 Å². The van der Waals surface area contributed by atoms with Gasteiger partial charge in [0.15, 0.2) is 0 Å². The Labute approximate surface area is 100 Å². The molecule has 1 aliphatic rings. The van der Waals surface area contributed by atoms with Crippen molar-refractivity contribution in [2.75, 3.05) is 19.8 Å². The second-order valence-corrected chi connectivity index (χ2v) is 4.40. The number of aromatic nitrogens is 1. The third-order valence-corrected chi connectivity index (χ3v) is 3.08.